The highest BCUT2D eigenvalue weighted by atomic mass is 16.6. The van der Waals surface area contributed by atoms with E-state index in [2.05, 4.69) is 26.0 Å². The summed E-state index contributed by atoms with van der Waals surface area (Å²) in [6, 6.07) is 9.98. The van der Waals surface area contributed by atoms with Crippen LogP contribution in [0.25, 0.3) is 0 Å². The highest BCUT2D eigenvalue weighted by molar-refractivity contribution is 5.71. The Hall–Kier alpha value is -2.04. The molecule has 0 aliphatic carbocycles. The molecule has 2 atom stereocenters. The van der Waals surface area contributed by atoms with Gasteiger partial charge in [0.1, 0.15) is 6.61 Å². The van der Waals surface area contributed by atoms with Crippen LogP contribution in [-0.4, -0.2) is 42.3 Å². The fourth-order valence-corrected chi connectivity index (χ4v) is 3.38. The molecule has 0 aromatic heterocycles. The normalized spacial score (nSPS) is 19.2. The molecule has 150 valence electrons. The van der Waals surface area contributed by atoms with E-state index in [1.165, 1.54) is 0 Å². The van der Waals surface area contributed by atoms with Gasteiger partial charge in [0, 0.05) is 13.0 Å². The van der Waals surface area contributed by atoms with Gasteiger partial charge in [0.25, 0.3) is 0 Å². The molecule has 0 bridgehead atoms. The highest BCUT2D eigenvalue weighted by Gasteiger charge is 2.41. The quantitative estimate of drug-likeness (QED) is 0.391. The van der Waals surface area contributed by atoms with E-state index in [-0.39, 0.29) is 24.7 Å². The lowest BCUT2D eigenvalue weighted by Gasteiger charge is -2.24. The molecule has 0 spiro atoms. The number of carbonyl (C=O) groups excluding carboxylic acids is 2. The van der Waals surface area contributed by atoms with Crippen molar-refractivity contribution in [3.8, 4) is 0 Å². The van der Waals surface area contributed by atoms with Crippen LogP contribution < -0.4 is 0 Å². The van der Waals surface area contributed by atoms with Crippen LogP contribution in [0, 0.1) is 0 Å². The Balaban J connectivity index is 1.93. The molecule has 1 heterocycles. The number of cyclic esters (lactones) is 1. The molecule has 27 heavy (non-hydrogen) atoms. The van der Waals surface area contributed by atoms with Crippen molar-refractivity contribution in [1.29, 1.82) is 0 Å². The van der Waals surface area contributed by atoms with E-state index < -0.39 is 6.10 Å². The molecule has 5 heteroatoms. The van der Waals surface area contributed by atoms with E-state index in [1.54, 1.807) is 4.90 Å². The molecule has 1 saturated heterocycles. The Labute approximate surface area is 163 Å². The molecule has 0 N–H and O–H groups in total. The molecule has 5 nitrogen and oxygen atoms in total. The van der Waals surface area contributed by atoms with Gasteiger partial charge >= 0.3 is 12.1 Å². The first-order valence-corrected chi connectivity index (χ1v) is 10.3. The molecular weight excluding hydrogens is 342 g/mol. The summed E-state index contributed by atoms with van der Waals surface area (Å²) >= 11 is 0. The standard InChI is InChI=1S/C22H33NO4/c1-3-5-7-11-14-21(24)26-17-20-19(16-18-12-9-8-10-13-18)23(15-6-4-2)22(25)27-20/h8-10,12-13,19-20H,3-7,11,14-17H2,1-2H3. The molecule has 1 aliphatic rings. The van der Waals surface area contributed by atoms with Gasteiger partial charge in [-0.3, -0.25) is 4.79 Å². The maximum Gasteiger partial charge on any atom is 0.410 e. The lowest BCUT2D eigenvalue weighted by Crippen LogP contribution is -2.40. The number of carbonyl (C=O) groups is 2. The van der Waals surface area contributed by atoms with Crippen LogP contribution in [0.3, 0.4) is 0 Å². The zero-order valence-corrected chi connectivity index (χ0v) is 16.7. The van der Waals surface area contributed by atoms with Gasteiger partial charge in [0.15, 0.2) is 6.10 Å². The Morgan fingerprint density at radius 3 is 2.52 bits per heavy atom. The fourth-order valence-electron chi connectivity index (χ4n) is 3.38. The van der Waals surface area contributed by atoms with Crippen molar-refractivity contribution >= 4 is 12.1 Å². The Morgan fingerprint density at radius 2 is 1.81 bits per heavy atom. The number of nitrogens with zero attached hydrogens (tertiary/aromatic N) is 1. The van der Waals surface area contributed by atoms with E-state index in [1.807, 2.05) is 18.2 Å². The predicted octanol–water partition coefficient (Wildman–Crippen LogP) is 4.73. The van der Waals surface area contributed by atoms with Crippen LogP contribution in [0.15, 0.2) is 30.3 Å². The molecule has 1 aromatic rings. The molecule has 1 aromatic carbocycles. The van der Waals surface area contributed by atoms with E-state index >= 15 is 0 Å². The van der Waals surface area contributed by atoms with Gasteiger partial charge in [-0.05, 0) is 24.8 Å². The Bertz CT molecular complexity index is 575. The largest absolute Gasteiger partial charge is 0.462 e. The molecule has 2 unspecified atom stereocenters. The number of hydrogen-bond acceptors (Lipinski definition) is 4. The first-order valence-electron chi connectivity index (χ1n) is 10.3. The second-order valence-electron chi connectivity index (χ2n) is 7.22. The number of benzene rings is 1. The molecule has 0 saturated carbocycles. The number of esters is 1. The van der Waals surface area contributed by atoms with Crippen LogP contribution in [0.5, 0.6) is 0 Å². The first kappa shape index (κ1) is 21.3. The monoisotopic (exact) mass is 375 g/mol. The summed E-state index contributed by atoms with van der Waals surface area (Å²) in [6.45, 7) is 5.06. The van der Waals surface area contributed by atoms with Gasteiger partial charge in [-0.25, -0.2) is 4.79 Å². The molecule has 1 fully saturated rings. The molecule has 2 rings (SSSR count). The minimum absolute atomic E-state index is 0.0978. The topological polar surface area (TPSA) is 55.8 Å². The summed E-state index contributed by atoms with van der Waals surface area (Å²) in [5.41, 5.74) is 1.15. The van der Waals surface area contributed by atoms with Gasteiger partial charge < -0.3 is 14.4 Å². The summed E-state index contributed by atoms with van der Waals surface area (Å²) in [6.07, 6.45) is 6.56. The zero-order chi connectivity index (χ0) is 19.5. The maximum absolute atomic E-state index is 12.3. The SMILES string of the molecule is CCCCCCC(=O)OCC1OC(=O)N(CCCC)C1Cc1ccccc1. The van der Waals surface area contributed by atoms with E-state index in [0.29, 0.717) is 19.4 Å². The van der Waals surface area contributed by atoms with Gasteiger partial charge in [0.2, 0.25) is 0 Å². The van der Waals surface area contributed by atoms with E-state index in [9.17, 15) is 9.59 Å². The first-order chi connectivity index (χ1) is 13.2. The van der Waals surface area contributed by atoms with Crippen LogP contribution >= 0.6 is 0 Å². The molecular formula is C22H33NO4. The van der Waals surface area contributed by atoms with Crippen molar-refractivity contribution in [2.75, 3.05) is 13.2 Å². The van der Waals surface area contributed by atoms with Crippen molar-refractivity contribution in [3.63, 3.8) is 0 Å². The van der Waals surface area contributed by atoms with Crippen LogP contribution in [0.1, 0.15) is 64.4 Å². The van der Waals surface area contributed by atoms with Gasteiger partial charge in [-0.15, -0.1) is 0 Å². The Kier molecular flexibility index (Phi) is 9.16. The number of rotatable bonds is 12. The summed E-state index contributed by atoms with van der Waals surface area (Å²) in [5, 5.41) is 0. The number of ether oxygens (including phenoxy) is 2. The number of amides is 1. The van der Waals surface area contributed by atoms with E-state index in [4.69, 9.17) is 9.47 Å². The third-order valence-corrected chi connectivity index (χ3v) is 5.00. The van der Waals surface area contributed by atoms with Gasteiger partial charge in [0.05, 0.1) is 6.04 Å². The lowest BCUT2D eigenvalue weighted by atomic mass is 10.0. The van der Waals surface area contributed by atoms with Crippen LogP contribution in [0.4, 0.5) is 4.79 Å². The zero-order valence-electron chi connectivity index (χ0n) is 16.7. The maximum atomic E-state index is 12.3. The number of unbranched alkanes of at least 4 members (excludes halogenated alkanes) is 4. The Morgan fingerprint density at radius 1 is 1.07 bits per heavy atom. The molecule has 1 amide bonds. The lowest BCUT2D eigenvalue weighted by molar-refractivity contribution is -0.146. The summed E-state index contributed by atoms with van der Waals surface area (Å²) < 4.78 is 11.0. The smallest absolute Gasteiger partial charge is 0.410 e. The van der Waals surface area contributed by atoms with Crippen LogP contribution in [-0.2, 0) is 20.7 Å². The highest BCUT2D eigenvalue weighted by Crippen LogP contribution is 2.24. The van der Waals surface area contributed by atoms with Crippen LogP contribution in [0.2, 0.25) is 0 Å². The summed E-state index contributed by atoms with van der Waals surface area (Å²) in [7, 11) is 0. The average Bonchev–Trinajstić information content (AvgIpc) is 2.97. The fraction of sp³-hybridized carbons (Fsp3) is 0.636. The van der Waals surface area contributed by atoms with Gasteiger partial charge in [-0.2, -0.15) is 0 Å². The predicted molar refractivity (Wildman–Crippen MR) is 106 cm³/mol. The average molecular weight is 376 g/mol. The van der Waals surface area contributed by atoms with Crippen molar-refractivity contribution in [2.45, 2.75) is 77.4 Å². The minimum Gasteiger partial charge on any atom is -0.462 e. The second kappa shape index (κ2) is 11.6. The molecule has 1 aliphatic heterocycles. The van der Waals surface area contributed by atoms with Crippen molar-refractivity contribution in [3.05, 3.63) is 35.9 Å². The van der Waals surface area contributed by atoms with Crippen molar-refractivity contribution in [2.24, 2.45) is 0 Å². The second-order valence-corrected chi connectivity index (χ2v) is 7.22. The number of hydrogen-bond donors (Lipinski definition) is 0. The van der Waals surface area contributed by atoms with Gasteiger partial charge in [-0.1, -0.05) is 69.9 Å². The summed E-state index contributed by atoms with van der Waals surface area (Å²) in [5.74, 6) is -0.201. The summed E-state index contributed by atoms with van der Waals surface area (Å²) in [4.78, 5) is 26.1. The van der Waals surface area contributed by atoms with E-state index in [0.717, 1.165) is 44.1 Å². The third kappa shape index (κ3) is 6.89. The van der Waals surface area contributed by atoms with Crippen molar-refractivity contribution < 1.29 is 19.1 Å². The van der Waals surface area contributed by atoms with Crippen molar-refractivity contribution in [1.82, 2.24) is 4.90 Å². The molecule has 0 radical (unpaired) electrons. The minimum atomic E-state index is -0.408. The third-order valence-electron chi connectivity index (χ3n) is 5.00.